The Balaban J connectivity index is 0. The third kappa shape index (κ3) is 33.0. The Kier molecular flexibility index (Phi) is 739. The number of rotatable bonds is 0. The first-order valence-electron chi connectivity index (χ1n) is 0. The van der Waals surface area contributed by atoms with Crippen LogP contribution in [0.15, 0.2) is 0 Å². The van der Waals surface area contributed by atoms with Gasteiger partial charge >= 0.3 is 21.7 Å². The maximum atomic E-state index is 0. The average Bonchev–Trinajstić information content (AvgIpc) is 0. The molecule has 0 aliphatic carbocycles. The van der Waals surface area contributed by atoms with Gasteiger partial charge in [-0.2, -0.15) is 9.90 Å². The molecule has 0 aliphatic rings. The van der Waals surface area contributed by atoms with Crippen LogP contribution in [0.3, 0.4) is 0 Å². The van der Waals surface area contributed by atoms with Gasteiger partial charge in [0.05, 0.1) is 0 Å². The average molecular weight is 261 g/mol. The topological polar surface area (TPSA) is 57.0 Å². The van der Waals surface area contributed by atoms with Gasteiger partial charge in [-0.05, 0) is 0 Å². The Morgan fingerprint density at radius 3 is 0.833 bits per heavy atom. The van der Waals surface area contributed by atoms with E-state index in [4.69, 9.17) is 0 Å². The van der Waals surface area contributed by atoms with Crippen molar-refractivity contribution in [3.63, 3.8) is 0 Å². The van der Waals surface area contributed by atoms with Crippen LogP contribution in [0.4, 0.5) is 0 Å². The van der Waals surface area contributed by atoms with E-state index in [0.717, 1.165) is 0 Å². The molecule has 0 fully saturated rings. The summed E-state index contributed by atoms with van der Waals surface area (Å²) in [4.78, 5) is 0. The smallest absolute Gasteiger partial charge is 2.00 e. The van der Waals surface area contributed by atoms with E-state index >= 15 is 0 Å². The van der Waals surface area contributed by atoms with Crippen molar-refractivity contribution >= 4 is 9.90 Å². The van der Waals surface area contributed by atoms with Gasteiger partial charge in [0.2, 0.25) is 0 Å². The molecule has 0 aromatic carbocycles. The predicted molar refractivity (Wildman–Crippen MR) is 12.5 cm³/mol. The van der Waals surface area contributed by atoms with Crippen molar-refractivity contribution in [3.05, 3.63) is 0 Å². The first kappa shape index (κ1) is 82.2. The van der Waals surface area contributed by atoms with E-state index in [1.807, 2.05) is 0 Å². The molecule has 0 N–H and O–H groups in total. The zero-order chi connectivity index (χ0) is 0. The van der Waals surface area contributed by atoms with Crippen LogP contribution in [0, 0.1) is 0 Å². The molecule has 1 unspecified atom stereocenters. The summed E-state index contributed by atoms with van der Waals surface area (Å²) in [5.74, 6) is 0. The summed E-state index contributed by atoms with van der Waals surface area (Å²) in [7, 11) is 0. The minimum absolute atomic E-state index is 0. The molecule has 6 heteroatoms. The fourth-order valence-corrected chi connectivity index (χ4v) is 0. The zero-order valence-corrected chi connectivity index (χ0v) is 9.26. The van der Waals surface area contributed by atoms with Gasteiger partial charge in [0.15, 0.2) is 0 Å². The zero-order valence-electron chi connectivity index (χ0n) is 2.88. The van der Waals surface area contributed by atoms with E-state index in [1.165, 1.54) is 0 Å². The van der Waals surface area contributed by atoms with Crippen LogP contribution < -0.4 is 0 Å². The summed E-state index contributed by atoms with van der Waals surface area (Å²) in [5.41, 5.74) is 0. The van der Waals surface area contributed by atoms with E-state index < -0.39 is 0 Å². The summed E-state index contributed by atoms with van der Waals surface area (Å²) in [6.07, 6.45) is 0. The third-order valence-electron chi connectivity index (χ3n) is 0. The standard InChI is InChI=1S/Mo.2O.H3P.Ti.V/h;;;1H3;;/q;2*-2;;+4;. The molecule has 35 valence electrons. The molecule has 0 saturated carbocycles. The first-order valence-corrected chi connectivity index (χ1v) is 0. The molecule has 0 spiro atoms. The Hall–Kier alpha value is 2.34. The SMILES string of the molecule is P.[Mo].[O-2].[O-2].[Ti+4].[V]. The second-order valence-electron chi connectivity index (χ2n) is 0. The van der Waals surface area contributed by atoms with Crippen molar-refractivity contribution in [2.45, 2.75) is 0 Å². The summed E-state index contributed by atoms with van der Waals surface area (Å²) in [6.45, 7) is 0. The molecule has 0 amide bonds. The van der Waals surface area contributed by atoms with Crippen molar-refractivity contribution in [1.82, 2.24) is 0 Å². The molecule has 0 saturated heterocycles. The number of hydrogen-bond donors (Lipinski definition) is 0. The van der Waals surface area contributed by atoms with E-state index in [-0.39, 0.29) is 82.2 Å². The van der Waals surface area contributed by atoms with Gasteiger partial charge in [-0.1, -0.05) is 0 Å². The summed E-state index contributed by atoms with van der Waals surface area (Å²) in [5, 5.41) is 0. The van der Waals surface area contributed by atoms with Crippen molar-refractivity contribution in [2.75, 3.05) is 0 Å². The van der Waals surface area contributed by atoms with Gasteiger partial charge < -0.3 is 11.0 Å². The monoisotopic (exact) mass is 263 g/mol. The van der Waals surface area contributed by atoms with Crippen molar-refractivity contribution < 1.29 is 72.3 Å². The Morgan fingerprint density at radius 1 is 0.833 bits per heavy atom. The molecule has 0 bridgehead atoms. The Labute approximate surface area is 81.5 Å². The molecule has 0 heterocycles. The van der Waals surface area contributed by atoms with Gasteiger partial charge in [0.25, 0.3) is 0 Å². The van der Waals surface area contributed by atoms with Gasteiger partial charge in [-0.15, -0.1) is 0 Å². The van der Waals surface area contributed by atoms with E-state index in [9.17, 15) is 0 Å². The van der Waals surface area contributed by atoms with E-state index in [0.29, 0.717) is 0 Å². The molecule has 6 heavy (non-hydrogen) atoms. The molecule has 0 rings (SSSR count). The van der Waals surface area contributed by atoms with Crippen molar-refractivity contribution in [2.24, 2.45) is 0 Å². The molecule has 0 aliphatic heterocycles. The van der Waals surface area contributed by atoms with Crippen LogP contribution in [0.5, 0.6) is 0 Å². The second kappa shape index (κ2) is 53.9. The quantitative estimate of drug-likeness (QED) is 0.428. The normalized spacial score (nSPS) is 0. The van der Waals surface area contributed by atoms with Crippen molar-refractivity contribution in [1.29, 1.82) is 0 Å². The minimum Gasteiger partial charge on any atom is -2.00 e. The molecular formula is H3MoO2PTiV. The van der Waals surface area contributed by atoms with E-state index in [2.05, 4.69) is 0 Å². The van der Waals surface area contributed by atoms with Crippen LogP contribution in [-0.4, -0.2) is 0 Å². The van der Waals surface area contributed by atoms with Crippen LogP contribution in [-0.2, 0) is 72.3 Å². The fraction of sp³-hybridized carbons (Fsp3) is 0. The maximum Gasteiger partial charge on any atom is 4.00 e. The Morgan fingerprint density at radius 2 is 0.833 bits per heavy atom. The second-order valence-corrected chi connectivity index (χ2v) is 0. The van der Waals surface area contributed by atoms with Crippen LogP contribution in [0.1, 0.15) is 0 Å². The minimum atomic E-state index is 0. The Bertz CT molecular complexity index is 13.5. The largest absolute Gasteiger partial charge is 4.00 e. The van der Waals surface area contributed by atoms with Gasteiger partial charge in [0, 0.05) is 39.6 Å². The summed E-state index contributed by atoms with van der Waals surface area (Å²) >= 11 is 0. The van der Waals surface area contributed by atoms with Crippen molar-refractivity contribution in [3.8, 4) is 0 Å². The third-order valence-corrected chi connectivity index (χ3v) is 0. The molecule has 0 aromatic rings. The van der Waals surface area contributed by atoms with E-state index in [1.54, 1.807) is 0 Å². The van der Waals surface area contributed by atoms with Crippen LogP contribution >= 0.6 is 9.90 Å². The predicted octanol–water partition coefficient (Wildman–Crippen LogP) is -0.187. The maximum absolute atomic E-state index is 0. The van der Waals surface area contributed by atoms with Gasteiger partial charge in [-0.3, -0.25) is 0 Å². The molecule has 1 atom stereocenters. The molecular weight excluding hydrogens is 258 g/mol. The fourth-order valence-electron chi connectivity index (χ4n) is 0. The molecule has 1 radical (unpaired) electrons. The van der Waals surface area contributed by atoms with Gasteiger partial charge in [-0.25, -0.2) is 0 Å². The van der Waals surface area contributed by atoms with Crippen LogP contribution in [0.2, 0.25) is 0 Å². The number of hydrogen-bond acceptors (Lipinski definition) is 0. The summed E-state index contributed by atoms with van der Waals surface area (Å²) < 4.78 is 0. The first-order chi connectivity index (χ1) is 0. The molecule has 0 aromatic heterocycles. The molecule has 2 nitrogen and oxygen atoms in total. The van der Waals surface area contributed by atoms with Crippen LogP contribution in [0.25, 0.3) is 0 Å². The van der Waals surface area contributed by atoms with Gasteiger partial charge in [0.1, 0.15) is 0 Å². The summed E-state index contributed by atoms with van der Waals surface area (Å²) in [6, 6.07) is 0.